The van der Waals surface area contributed by atoms with Crippen LogP contribution in [-0.4, -0.2) is 38.9 Å². The highest BCUT2D eigenvalue weighted by Crippen LogP contribution is 2.40. The Morgan fingerprint density at radius 2 is 1.71 bits per heavy atom. The van der Waals surface area contributed by atoms with E-state index >= 15 is 0 Å². The first-order valence-corrected chi connectivity index (χ1v) is 13.4. The molecule has 1 amide bonds. The van der Waals surface area contributed by atoms with Gasteiger partial charge >= 0.3 is 0 Å². The van der Waals surface area contributed by atoms with Gasteiger partial charge in [-0.2, -0.15) is 5.26 Å². The highest BCUT2D eigenvalue weighted by molar-refractivity contribution is 7.07. The first-order valence-electron chi connectivity index (χ1n) is 12.6. The minimum atomic E-state index is -0.656. The van der Waals surface area contributed by atoms with E-state index in [1.807, 2.05) is 25.1 Å². The number of nitriles is 1. The van der Waals surface area contributed by atoms with Crippen LogP contribution >= 0.6 is 11.3 Å². The summed E-state index contributed by atoms with van der Waals surface area (Å²) in [6, 6.07) is 19.7. The van der Waals surface area contributed by atoms with Crippen LogP contribution in [0.2, 0.25) is 0 Å². The molecule has 0 bridgehead atoms. The van der Waals surface area contributed by atoms with Gasteiger partial charge in [0.15, 0.2) is 17.1 Å². The summed E-state index contributed by atoms with van der Waals surface area (Å²) >= 11 is 1.03. The first-order chi connectivity index (χ1) is 19.9. The summed E-state index contributed by atoms with van der Waals surface area (Å²) < 4.78 is 23.5. The van der Waals surface area contributed by atoms with E-state index in [9.17, 15) is 14.9 Å². The number of benzene rings is 3. The third-order valence-electron chi connectivity index (χ3n) is 6.33. The van der Waals surface area contributed by atoms with E-state index in [0.29, 0.717) is 39.9 Å². The van der Waals surface area contributed by atoms with Gasteiger partial charge in [0.1, 0.15) is 16.5 Å². The second-order valence-corrected chi connectivity index (χ2v) is 9.70. The van der Waals surface area contributed by atoms with Crippen LogP contribution in [0.4, 0.5) is 5.69 Å². The van der Waals surface area contributed by atoms with Crippen LogP contribution in [0.1, 0.15) is 18.1 Å². The molecular formula is C31H29N3O6S. The monoisotopic (exact) mass is 571 g/mol. The number of anilines is 1. The fourth-order valence-corrected chi connectivity index (χ4v) is 5.33. The molecule has 9 nitrogen and oxygen atoms in total. The maximum Gasteiger partial charge on any atom is 0.273 e. The third-order valence-corrected chi connectivity index (χ3v) is 7.42. The van der Waals surface area contributed by atoms with Crippen molar-refractivity contribution in [3.05, 3.63) is 91.3 Å². The molecule has 0 unspecified atom stereocenters. The van der Waals surface area contributed by atoms with Gasteiger partial charge in [-0.25, -0.2) is 0 Å². The SMILES string of the molecule is CCc1ccc(-n2c(=O)/c(=C/c3ccc(OC)c(OC)c3OC)s/c2=C(/C#N)C(=O)Nc2cccc(OC)c2)cc1. The quantitative estimate of drug-likeness (QED) is 0.327. The molecule has 3 aromatic carbocycles. The van der Waals surface area contributed by atoms with Crippen LogP contribution in [0.3, 0.4) is 0 Å². The van der Waals surface area contributed by atoms with Gasteiger partial charge in [-0.1, -0.05) is 25.1 Å². The lowest BCUT2D eigenvalue weighted by Crippen LogP contribution is -2.32. The molecule has 1 aromatic heterocycles. The Morgan fingerprint density at radius 1 is 0.976 bits per heavy atom. The van der Waals surface area contributed by atoms with E-state index in [0.717, 1.165) is 23.3 Å². The Hall–Kier alpha value is -5.01. The molecule has 10 heteroatoms. The van der Waals surface area contributed by atoms with Gasteiger partial charge in [0, 0.05) is 17.3 Å². The Kier molecular flexibility index (Phi) is 9.12. The Morgan fingerprint density at radius 3 is 2.32 bits per heavy atom. The van der Waals surface area contributed by atoms with Crippen LogP contribution in [0.15, 0.2) is 65.5 Å². The molecule has 0 atom stereocenters. The van der Waals surface area contributed by atoms with Crippen molar-refractivity contribution in [1.29, 1.82) is 5.26 Å². The van der Waals surface area contributed by atoms with Crippen molar-refractivity contribution in [3.8, 4) is 34.8 Å². The maximum absolute atomic E-state index is 13.9. The van der Waals surface area contributed by atoms with Crippen molar-refractivity contribution in [2.24, 2.45) is 0 Å². The van der Waals surface area contributed by atoms with Crippen molar-refractivity contribution in [2.75, 3.05) is 33.8 Å². The van der Waals surface area contributed by atoms with Gasteiger partial charge in [-0.05, 0) is 54.5 Å². The number of hydrogen-bond acceptors (Lipinski definition) is 8. The predicted octanol–water partition coefficient (Wildman–Crippen LogP) is 3.64. The predicted molar refractivity (Wildman–Crippen MR) is 159 cm³/mol. The number of nitrogens with one attached hydrogen (secondary N) is 1. The molecule has 0 radical (unpaired) electrons. The van der Waals surface area contributed by atoms with Crippen LogP contribution in [0.25, 0.3) is 17.3 Å². The van der Waals surface area contributed by atoms with Gasteiger partial charge in [0.2, 0.25) is 5.75 Å². The fraction of sp³-hybridized carbons (Fsp3) is 0.194. The maximum atomic E-state index is 13.9. The molecule has 0 fully saturated rings. The zero-order chi connectivity index (χ0) is 29.5. The summed E-state index contributed by atoms with van der Waals surface area (Å²) in [4.78, 5) is 27.3. The van der Waals surface area contributed by atoms with Gasteiger partial charge in [0.25, 0.3) is 11.5 Å². The van der Waals surface area contributed by atoms with Crippen molar-refractivity contribution >= 4 is 34.6 Å². The number of aromatic nitrogens is 1. The lowest BCUT2D eigenvalue weighted by Gasteiger charge is -2.13. The molecule has 0 saturated carbocycles. The summed E-state index contributed by atoms with van der Waals surface area (Å²) in [5.74, 6) is 1.11. The van der Waals surface area contributed by atoms with Crippen molar-refractivity contribution < 1.29 is 23.7 Å². The van der Waals surface area contributed by atoms with Crippen molar-refractivity contribution in [1.82, 2.24) is 4.57 Å². The number of aryl methyl sites for hydroxylation is 1. The Labute approximate surface area is 241 Å². The number of nitrogens with zero attached hydrogens (tertiary/aromatic N) is 2. The largest absolute Gasteiger partial charge is 0.497 e. The Bertz CT molecular complexity index is 1800. The van der Waals surface area contributed by atoms with E-state index < -0.39 is 11.5 Å². The molecule has 0 aliphatic carbocycles. The highest BCUT2D eigenvalue weighted by Gasteiger charge is 2.19. The molecule has 1 N–H and O–H groups in total. The number of thiazole rings is 1. The minimum Gasteiger partial charge on any atom is -0.497 e. The number of hydrogen-bond donors (Lipinski definition) is 1. The molecular weight excluding hydrogens is 542 g/mol. The zero-order valence-electron chi connectivity index (χ0n) is 23.3. The highest BCUT2D eigenvalue weighted by atomic mass is 32.1. The van der Waals surface area contributed by atoms with E-state index in [1.54, 1.807) is 54.6 Å². The smallest absolute Gasteiger partial charge is 0.273 e. The average molecular weight is 572 g/mol. The summed E-state index contributed by atoms with van der Waals surface area (Å²) in [5.41, 5.74) is 2.01. The summed E-state index contributed by atoms with van der Waals surface area (Å²) in [6.45, 7) is 2.03. The normalized spacial score (nSPS) is 11.9. The molecule has 4 rings (SSSR count). The average Bonchev–Trinajstić information content (AvgIpc) is 3.31. The topological polar surface area (TPSA) is 112 Å². The van der Waals surface area contributed by atoms with E-state index in [2.05, 4.69) is 5.32 Å². The second-order valence-electron chi connectivity index (χ2n) is 8.67. The molecule has 0 spiro atoms. The van der Waals surface area contributed by atoms with Crippen molar-refractivity contribution in [3.63, 3.8) is 0 Å². The number of carbonyl (C=O) groups is 1. The molecule has 4 aromatic rings. The standard InChI is InChI=1S/C31H29N3O6S/c1-6-19-10-13-22(14-11-19)34-30(36)26(16-20-12-15-25(38-3)28(40-5)27(20)39-4)41-31(34)24(18-32)29(35)33-21-8-7-9-23(17-21)37-2/h7-17H,6H2,1-5H3,(H,33,35)/b26-16-,31-24-. The van der Waals surface area contributed by atoms with Crippen LogP contribution in [0.5, 0.6) is 23.0 Å². The van der Waals surface area contributed by atoms with E-state index in [4.69, 9.17) is 18.9 Å². The lowest BCUT2D eigenvalue weighted by molar-refractivity contribution is -0.111. The van der Waals surface area contributed by atoms with Crippen LogP contribution < -0.4 is 39.0 Å². The van der Waals surface area contributed by atoms with Gasteiger partial charge < -0.3 is 24.3 Å². The summed E-state index contributed by atoms with van der Waals surface area (Å²) in [5, 5.41) is 12.9. The second kappa shape index (κ2) is 12.9. The molecule has 41 heavy (non-hydrogen) atoms. The molecule has 0 aliphatic rings. The number of methoxy groups -OCH3 is 4. The van der Waals surface area contributed by atoms with Gasteiger partial charge in [-0.3, -0.25) is 14.2 Å². The Balaban J connectivity index is 1.99. The lowest BCUT2D eigenvalue weighted by atomic mass is 10.1. The van der Waals surface area contributed by atoms with Crippen LogP contribution in [-0.2, 0) is 11.2 Å². The molecule has 210 valence electrons. The van der Waals surface area contributed by atoms with E-state index in [1.165, 1.54) is 33.0 Å². The van der Waals surface area contributed by atoms with Crippen molar-refractivity contribution in [2.45, 2.75) is 13.3 Å². The fourth-order valence-electron chi connectivity index (χ4n) is 4.23. The zero-order valence-corrected chi connectivity index (χ0v) is 24.1. The van der Waals surface area contributed by atoms with Gasteiger partial charge in [-0.15, -0.1) is 11.3 Å². The minimum absolute atomic E-state index is 0.188. The summed E-state index contributed by atoms with van der Waals surface area (Å²) in [6.07, 6.45) is 2.46. The summed E-state index contributed by atoms with van der Waals surface area (Å²) in [7, 11) is 6.03. The number of rotatable bonds is 9. The first kappa shape index (κ1) is 29.0. The molecule has 1 heterocycles. The van der Waals surface area contributed by atoms with Crippen LogP contribution in [0, 0.1) is 11.3 Å². The number of ether oxygens (including phenoxy) is 4. The molecule has 0 saturated heterocycles. The molecule has 0 aliphatic heterocycles. The number of amides is 1. The van der Waals surface area contributed by atoms with E-state index in [-0.39, 0.29) is 14.8 Å². The number of carbonyl (C=O) groups excluding carboxylic acids is 1. The third kappa shape index (κ3) is 5.95. The van der Waals surface area contributed by atoms with Gasteiger partial charge in [0.05, 0.1) is 38.7 Å².